The van der Waals surface area contributed by atoms with Crippen LogP contribution in [0.3, 0.4) is 0 Å². The number of pyridine rings is 1. The topological polar surface area (TPSA) is 92.1 Å². The number of hydrogen-bond acceptors (Lipinski definition) is 5. The molecule has 0 radical (unpaired) electrons. The summed E-state index contributed by atoms with van der Waals surface area (Å²) in [7, 11) is -2.26. The van der Waals surface area contributed by atoms with Crippen LogP contribution >= 0.6 is 0 Å². The first-order valence-electron chi connectivity index (χ1n) is 8.37. The molecule has 0 aliphatic rings. The number of hydrogen-bond donors (Lipinski definition) is 1. The van der Waals surface area contributed by atoms with Gasteiger partial charge in [-0.15, -0.1) is 0 Å². The van der Waals surface area contributed by atoms with Gasteiger partial charge in [0.1, 0.15) is 5.69 Å². The van der Waals surface area contributed by atoms with E-state index < -0.39 is 10.0 Å². The lowest BCUT2D eigenvalue weighted by atomic mass is 10.1. The first-order valence-corrected chi connectivity index (χ1v) is 9.81. The molecule has 3 aromatic heterocycles. The average molecular weight is 374 g/mol. The van der Waals surface area contributed by atoms with Crippen molar-refractivity contribution in [3.8, 4) is 11.5 Å². The second-order valence-electron chi connectivity index (χ2n) is 6.14. The van der Waals surface area contributed by atoms with E-state index in [9.17, 15) is 8.42 Å². The predicted molar refractivity (Wildman–Crippen MR) is 98.0 cm³/mol. The standard InChI is InChI=1S/C18H22N4O3S/c1-5-15(14-8-6-7-11-19-14)22(4)26(23,24)17-10-9-16(25-17)18-12(2)13(3)20-21-18/h6-11,15H,5H2,1-4H3,(H,20,21). The maximum absolute atomic E-state index is 13.0. The number of aromatic amines is 1. The molecule has 0 aliphatic heterocycles. The predicted octanol–water partition coefficient (Wildman–Crippen LogP) is 3.45. The molecule has 0 fully saturated rings. The SMILES string of the molecule is CCC(c1ccccn1)N(C)S(=O)(=O)c1ccc(-c2n[nH]c(C)c2C)o1. The highest BCUT2D eigenvalue weighted by molar-refractivity contribution is 7.89. The Morgan fingerprint density at radius 1 is 1.23 bits per heavy atom. The Labute approximate surface area is 153 Å². The highest BCUT2D eigenvalue weighted by atomic mass is 32.2. The van der Waals surface area contributed by atoms with E-state index in [1.165, 1.54) is 10.4 Å². The van der Waals surface area contributed by atoms with E-state index in [-0.39, 0.29) is 11.1 Å². The molecule has 3 aromatic rings. The molecule has 1 N–H and O–H groups in total. The number of sulfonamides is 1. The summed E-state index contributed by atoms with van der Waals surface area (Å²) in [6.45, 7) is 5.73. The lowest BCUT2D eigenvalue weighted by molar-refractivity contribution is 0.344. The third-order valence-electron chi connectivity index (χ3n) is 4.56. The van der Waals surface area contributed by atoms with Crippen molar-refractivity contribution in [1.82, 2.24) is 19.5 Å². The Hall–Kier alpha value is -2.45. The second kappa shape index (κ2) is 7.05. The van der Waals surface area contributed by atoms with E-state index in [2.05, 4.69) is 15.2 Å². The van der Waals surface area contributed by atoms with E-state index in [4.69, 9.17) is 4.42 Å². The Bertz CT molecular complexity index is 993. The first kappa shape index (κ1) is 18.3. The zero-order chi connectivity index (χ0) is 18.9. The molecule has 1 unspecified atom stereocenters. The number of furan rings is 1. The van der Waals surface area contributed by atoms with E-state index in [1.807, 2.05) is 32.9 Å². The van der Waals surface area contributed by atoms with Crippen molar-refractivity contribution >= 4 is 10.0 Å². The zero-order valence-corrected chi connectivity index (χ0v) is 16.0. The number of nitrogens with zero attached hydrogens (tertiary/aromatic N) is 3. The quantitative estimate of drug-likeness (QED) is 0.713. The first-order chi connectivity index (χ1) is 12.4. The third kappa shape index (κ3) is 3.17. The summed E-state index contributed by atoms with van der Waals surface area (Å²) in [5, 5.41) is 6.96. The van der Waals surface area contributed by atoms with E-state index >= 15 is 0 Å². The summed E-state index contributed by atoms with van der Waals surface area (Å²) < 4.78 is 33.0. The highest BCUT2D eigenvalue weighted by Crippen LogP contribution is 2.31. The fourth-order valence-corrected chi connectivity index (χ4v) is 4.16. The average Bonchev–Trinajstić information content (AvgIpc) is 3.25. The van der Waals surface area contributed by atoms with Gasteiger partial charge in [0.2, 0.25) is 5.09 Å². The van der Waals surface area contributed by atoms with Gasteiger partial charge < -0.3 is 4.42 Å². The number of rotatable bonds is 6. The van der Waals surface area contributed by atoms with Crippen LogP contribution in [0.4, 0.5) is 0 Å². The van der Waals surface area contributed by atoms with Gasteiger partial charge in [0.05, 0.1) is 11.7 Å². The van der Waals surface area contributed by atoms with Gasteiger partial charge in [-0.05, 0) is 44.5 Å². The Kier molecular flexibility index (Phi) is 4.97. The lowest BCUT2D eigenvalue weighted by Crippen LogP contribution is -2.31. The normalized spacial score (nSPS) is 13.3. The second-order valence-corrected chi connectivity index (χ2v) is 8.07. The summed E-state index contributed by atoms with van der Waals surface area (Å²) >= 11 is 0. The highest BCUT2D eigenvalue weighted by Gasteiger charge is 2.31. The van der Waals surface area contributed by atoms with Crippen molar-refractivity contribution < 1.29 is 12.8 Å². The maximum atomic E-state index is 13.0. The van der Waals surface area contributed by atoms with E-state index in [1.54, 1.807) is 25.4 Å². The Morgan fingerprint density at radius 2 is 2.00 bits per heavy atom. The molecule has 0 spiro atoms. The molecule has 0 amide bonds. The summed E-state index contributed by atoms with van der Waals surface area (Å²) in [4.78, 5) is 4.29. The summed E-state index contributed by atoms with van der Waals surface area (Å²) in [5.74, 6) is 0.421. The van der Waals surface area contributed by atoms with Gasteiger partial charge in [-0.3, -0.25) is 10.1 Å². The van der Waals surface area contributed by atoms with E-state index in [0.29, 0.717) is 23.6 Å². The Balaban J connectivity index is 1.94. The molecule has 1 atom stereocenters. The fraction of sp³-hybridized carbons (Fsp3) is 0.333. The van der Waals surface area contributed by atoms with Gasteiger partial charge in [0.25, 0.3) is 10.0 Å². The van der Waals surface area contributed by atoms with Crippen molar-refractivity contribution in [2.45, 2.75) is 38.3 Å². The van der Waals surface area contributed by atoms with Crippen molar-refractivity contribution in [3.05, 3.63) is 53.5 Å². The maximum Gasteiger partial charge on any atom is 0.276 e. The van der Waals surface area contributed by atoms with Crippen molar-refractivity contribution in [2.75, 3.05) is 7.05 Å². The van der Waals surface area contributed by atoms with Crippen LogP contribution in [0, 0.1) is 13.8 Å². The molecule has 0 bridgehead atoms. The summed E-state index contributed by atoms with van der Waals surface area (Å²) in [5.41, 5.74) is 3.16. The molecule has 3 heterocycles. The lowest BCUT2D eigenvalue weighted by Gasteiger charge is -2.25. The summed E-state index contributed by atoms with van der Waals surface area (Å²) in [6, 6.07) is 8.20. The fourth-order valence-electron chi connectivity index (χ4n) is 2.85. The molecular formula is C18H22N4O3S. The molecule has 26 heavy (non-hydrogen) atoms. The molecule has 7 nitrogen and oxygen atoms in total. The molecule has 3 rings (SSSR count). The molecule has 0 saturated heterocycles. The smallest absolute Gasteiger partial charge is 0.276 e. The minimum Gasteiger partial charge on any atom is -0.442 e. The molecule has 0 saturated carbocycles. The van der Waals surface area contributed by atoms with Crippen LogP contribution in [0.1, 0.15) is 36.3 Å². The minimum absolute atomic E-state index is 0.107. The van der Waals surface area contributed by atoms with Crippen LogP contribution in [0.5, 0.6) is 0 Å². The van der Waals surface area contributed by atoms with Gasteiger partial charge in [0, 0.05) is 24.5 Å². The van der Waals surface area contributed by atoms with Crippen molar-refractivity contribution in [1.29, 1.82) is 0 Å². The third-order valence-corrected chi connectivity index (χ3v) is 6.30. The van der Waals surface area contributed by atoms with Crippen LogP contribution in [0.2, 0.25) is 0 Å². The van der Waals surface area contributed by atoms with Crippen LogP contribution in [0.15, 0.2) is 46.0 Å². The molecule has 0 aromatic carbocycles. The number of nitrogens with one attached hydrogen (secondary N) is 1. The molecule has 8 heteroatoms. The number of H-pyrrole nitrogens is 1. The van der Waals surface area contributed by atoms with Gasteiger partial charge in [-0.25, -0.2) is 8.42 Å². The molecule has 0 aliphatic carbocycles. The zero-order valence-electron chi connectivity index (χ0n) is 15.2. The largest absolute Gasteiger partial charge is 0.442 e. The van der Waals surface area contributed by atoms with Crippen LogP contribution in [0.25, 0.3) is 11.5 Å². The molecule has 138 valence electrons. The van der Waals surface area contributed by atoms with Crippen LogP contribution in [-0.2, 0) is 10.0 Å². The van der Waals surface area contributed by atoms with Crippen LogP contribution in [-0.4, -0.2) is 35.0 Å². The van der Waals surface area contributed by atoms with Gasteiger partial charge in [0.15, 0.2) is 5.76 Å². The monoisotopic (exact) mass is 374 g/mol. The van der Waals surface area contributed by atoms with Crippen molar-refractivity contribution in [2.24, 2.45) is 0 Å². The Morgan fingerprint density at radius 3 is 2.58 bits per heavy atom. The van der Waals surface area contributed by atoms with E-state index in [0.717, 1.165) is 11.3 Å². The van der Waals surface area contributed by atoms with Gasteiger partial charge >= 0.3 is 0 Å². The van der Waals surface area contributed by atoms with Gasteiger partial charge in [-0.2, -0.15) is 9.40 Å². The minimum atomic E-state index is -3.80. The van der Waals surface area contributed by atoms with Crippen LogP contribution < -0.4 is 0 Å². The number of aryl methyl sites for hydroxylation is 1. The summed E-state index contributed by atoms with van der Waals surface area (Å²) in [6.07, 6.45) is 2.25. The number of aromatic nitrogens is 3. The van der Waals surface area contributed by atoms with Crippen molar-refractivity contribution in [3.63, 3.8) is 0 Å². The molecular weight excluding hydrogens is 352 g/mol. The van der Waals surface area contributed by atoms with Gasteiger partial charge in [-0.1, -0.05) is 13.0 Å².